The quantitative estimate of drug-likeness (QED) is 0.431. The van der Waals surface area contributed by atoms with Gasteiger partial charge in [0.2, 0.25) is 5.91 Å². The van der Waals surface area contributed by atoms with Gasteiger partial charge in [0, 0.05) is 61.5 Å². The van der Waals surface area contributed by atoms with Gasteiger partial charge in [-0.15, -0.1) is 0 Å². The maximum atomic E-state index is 13.5. The van der Waals surface area contributed by atoms with E-state index in [0.717, 1.165) is 6.26 Å². The molecule has 4 rings (SSSR count). The SMILES string of the molecule is CN(C(=O)c1ccc(CS(C)(=O)=O)c(OCCN2CCNC(=O)C2)c1)c1ccc(C#N)c(-c2ccccn2)c1. The first-order valence-corrected chi connectivity index (χ1v) is 14.4. The van der Waals surface area contributed by atoms with Gasteiger partial charge in [-0.1, -0.05) is 12.1 Å². The van der Waals surface area contributed by atoms with E-state index in [1.165, 1.54) is 4.90 Å². The Morgan fingerprint density at radius 3 is 2.72 bits per heavy atom. The lowest BCUT2D eigenvalue weighted by molar-refractivity contribution is -0.124. The summed E-state index contributed by atoms with van der Waals surface area (Å²) in [5.74, 6) is -0.323. The summed E-state index contributed by atoms with van der Waals surface area (Å²) in [6.07, 6.45) is 2.78. The van der Waals surface area contributed by atoms with Crippen LogP contribution in [-0.2, 0) is 20.4 Å². The van der Waals surface area contributed by atoms with Crippen LogP contribution < -0.4 is 15.0 Å². The Balaban J connectivity index is 1.57. The number of ether oxygens (including phenoxy) is 1. The Morgan fingerprint density at radius 2 is 2.03 bits per heavy atom. The lowest BCUT2D eigenvalue weighted by Crippen LogP contribution is -2.48. The first kappa shape index (κ1) is 27.8. The molecule has 2 aromatic carbocycles. The number of pyridine rings is 1. The number of hydrogen-bond acceptors (Lipinski definition) is 8. The number of hydrogen-bond donors (Lipinski definition) is 1. The lowest BCUT2D eigenvalue weighted by atomic mass is 10.0. The predicted octanol–water partition coefficient (Wildman–Crippen LogP) is 2.25. The van der Waals surface area contributed by atoms with Gasteiger partial charge in [-0.3, -0.25) is 19.5 Å². The van der Waals surface area contributed by atoms with Crippen LogP contribution in [0, 0.1) is 11.3 Å². The van der Waals surface area contributed by atoms with Crippen molar-refractivity contribution < 1.29 is 22.7 Å². The molecule has 1 N–H and O–H groups in total. The Labute approximate surface area is 227 Å². The molecule has 1 saturated heterocycles. The highest BCUT2D eigenvalue weighted by Crippen LogP contribution is 2.29. The van der Waals surface area contributed by atoms with Crippen LogP contribution >= 0.6 is 0 Å². The highest BCUT2D eigenvalue weighted by molar-refractivity contribution is 7.89. The van der Waals surface area contributed by atoms with Crippen LogP contribution in [0.25, 0.3) is 11.3 Å². The molecule has 0 radical (unpaired) electrons. The van der Waals surface area contributed by atoms with E-state index < -0.39 is 9.84 Å². The van der Waals surface area contributed by atoms with E-state index in [0.29, 0.717) is 59.0 Å². The number of nitrogens with one attached hydrogen (secondary N) is 1. The fraction of sp³-hybridized carbons (Fsp3) is 0.286. The van der Waals surface area contributed by atoms with Crippen molar-refractivity contribution in [2.45, 2.75) is 5.75 Å². The number of piperazine rings is 1. The number of nitrogens with zero attached hydrogens (tertiary/aromatic N) is 4. The standard InChI is InChI=1S/C28H29N5O5S/c1-32(23-9-8-21(17-29)24(16-23)25-5-3-4-10-30-25)28(35)20-6-7-22(19-39(2,36)37)26(15-20)38-14-13-33-12-11-31-27(34)18-33/h3-10,15-16H,11-14,18-19H2,1-2H3,(H,31,34). The fourth-order valence-corrected chi connectivity index (χ4v) is 5.08. The van der Waals surface area contributed by atoms with E-state index in [2.05, 4.69) is 16.4 Å². The molecule has 0 saturated carbocycles. The number of benzene rings is 2. The summed E-state index contributed by atoms with van der Waals surface area (Å²) in [5.41, 5.74) is 2.98. The van der Waals surface area contributed by atoms with Gasteiger partial charge < -0.3 is 15.0 Å². The monoisotopic (exact) mass is 547 g/mol. The summed E-state index contributed by atoms with van der Waals surface area (Å²) in [4.78, 5) is 32.8. The number of nitriles is 1. The molecule has 0 atom stereocenters. The topological polar surface area (TPSA) is 133 Å². The first-order valence-electron chi connectivity index (χ1n) is 12.3. The number of aromatic nitrogens is 1. The van der Waals surface area contributed by atoms with E-state index in [4.69, 9.17) is 4.74 Å². The molecule has 0 aliphatic carbocycles. The number of rotatable bonds is 9. The summed E-state index contributed by atoms with van der Waals surface area (Å²) in [7, 11) is -1.73. The maximum absolute atomic E-state index is 13.5. The lowest BCUT2D eigenvalue weighted by Gasteiger charge is -2.26. The number of carbonyl (C=O) groups is 2. The molecule has 1 aliphatic rings. The van der Waals surface area contributed by atoms with Crippen molar-refractivity contribution in [3.8, 4) is 23.1 Å². The van der Waals surface area contributed by atoms with E-state index in [9.17, 15) is 23.3 Å². The third kappa shape index (κ3) is 7.19. The third-order valence-electron chi connectivity index (χ3n) is 6.27. The van der Waals surface area contributed by atoms with Crippen molar-refractivity contribution in [1.82, 2.24) is 15.2 Å². The molecule has 3 aromatic rings. The van der Waals surface area contributed by atoms with Crippen molar-refractivity contribution in [2.75, 3.05) is 51.0 Å². The van der Waals surface area contributed by atoms with Crippen molar-refractivity contribution in [3.05, 3.63) is 77.5 Å². The average molecular weight is 548 g/mol. The molecule has 2 amide bonds. The second-order valence-electron chi connectivity index (χ2n) is 9.29. The largest absolute Gasteiger partial charge is 0.492 e. The van der Waals surface area contributed by atoms with Crippen molar-refractivity contribution in [2.24, 2.45) is 0 Å². The van der Waals surface area contributed by atoms with Crippen LogP contribution in [-0.4, -0.2) is 76.2 Å². The first-order chi connectivity index (χ1) is 18.6. The summed E-state index contributed by atoms with van der Waals surface area (Å²) in [6, 6.07) is 17.3. The fourth-order valence-electron chi connectivity index (χ4n) is 4.27. The van der Waals surface area contributed by atoms with Gasteiger partial charge in [-0.05, 0) is 42.5 Å². The molecule has 1 aromatic heterocycles. The Hall–Kier alpha value is -4.27. The van der Waals surface area contributed by atoms with Crippen LogP contribution in [0.15, 0.2) is 60.8 Å². The van der Waals surface area contributed by atoms with Gasteiger partial charge in [0.15, 0.2) is 9.84 Å². The molecular formula is C28H29N5O5S. The zero-order chi connectivity index (χ0) is 28.0. The number of carbonyl (C=O) groups excluding carboxylic acids is 2. The zero-order valence-corrected chi connectivity index (χ0v) is 22.6. The van der Waals surface area contributed by atoms with Gasteiger partial charge >= 0.3 is 0 Å². The van der Waals surface area contributed by atoms with Crippen LogP contribution in [0.1, 0.15) is 21.5 Å². The zero-order valence-electron chi connectivity index (χ0n) is 21.8. The highest BCUT2D eigenvalue weighted by atomic mass is 32.2. The molecule has 0 spiro atoms. The highest BCUT2D eigenvalue weighted by Gasteiger charge is 2.20. The molecule has 1 aliphatic heterocycles. The van der Waals surface area contributed by atoms with E-state index in [1.807, 2.05) is 11.0 Å². The minimum absolute atomic E-state index is 0.0522. The molecule has 39 heavy (non-hydrogen) atoms. The third-order valence-corrected chi connectivity index (χ3v) is 7.11. The minimum Gasteiger partial charge on any atom is -0.492 e. The number of anilines is 1. The molecule has 11 heteroatoms. The van der Waals surface area contributed by atoms with Gasteiger partial charge in [-0.2, -0.15) is 5.26 Å². The van der Waals surface area contributed by atoms with Crippen molar-refractivity contribution in [3.63, 3.8) is 0 Å². The number of amides is 2. The molecule has 1 fully saturated rings. The second-order valence-corrected chi connectivity index (χ2v) is 11.4. The molecule has 2 heterocycles. The summed E-state index contributed by atoms with van der Waals surface area (Å²) in [5, 5.41) is 12.3. The van der Waals surface area contributed by atoms with Crippen molar-refractivity contribution >= 4 is 27.3 Å². The summed E-state index contributed by atoms with van der Waals surface area (Å²) in [6.45, 7) is 2.23. The molecule has 0 unspecified atom stereocenters. The predicted molar refractivity (Wildman–Crippen MR) is 147 cm³/mol. The van der Waals surface area contributed by atoms with Crippen LogP contribution in [0.2, 0.25) is 0 Å². The summed E-state index contributed by atoms with van der Waals surface area (Å²) < 4.78 is 30.0. The maximum Gasteiger partial charge on any atom is 0.258 e. The summed E-state index contributed by atoms with van der Waals surface area (Å²) >= 11 is 0. The Bertz CT molecular complexity index is 1520. The van der Waals surface area contributed by atoms with Gasteiger partial charge in [0.1, 0.15) is 12.4 Å². The Kier molecular flexibility index (Phi) is 8.59. The average Bonchev–Trinajstić information content (AvgIpc) is 2.92. The van der Waals surface area contributed by atoms with E-state index >= 15 is 0 Å². The minimum atomic E-state index is -3.35. The van der Waals surface area contributed by atoms with Crippen LogP contribution in [0.4, 0.5) is 5.69 Å². The smallest absolute Gasteiger partial charge is 0.258 e. The van der Waals surface area contributed by atoms with Crippen LogP contribution in [0.3, 0.4) is 0 Å². The second kappa shape index (κ2) is 12.1. The molecule has 10 nitrogen and oxygen atoms in total. The number of sulfone groups is 1. The van der Waals surface area contributed by atoms with Gasteiger partial charge in [0.25, 0.3) is 5.91 Å². The van der Waals surface area contributed by atoms with Crippen LogP contribution in [0.5, 0.6) is 5.75 Å². The normalized spacial score (nSPS) is 13.8. The van der Waals surface area contributed by atoms with Crippen molar-refractivity contribution in [1.29, 1.82) is 5.26 Å². The van der Waals surface area contributed by atoms with E-state index in [1.54, 1.807) is 61.8 Å². The molecule has 202 valence electrons. The van der Waals surface area contributed by atoms with Gasteiger partial charge in [0.05, 0.1) is 29.6 Å². The van der Waals surface area contributed by atoms with E-state index in [-0.39, 0.29) is 30.7 Å². The van der Waals surface area contributed by atoms with Gasteiger partial charge in [-0.25, -0.2) is 8.42 Å². The molecule has 0 bridgehead atoms. The Morgan fingerprint density at radius 1 is 1.21 bits per heavy atom. The molecular weight excluding hydrogens is 518 g/mol.